The first-order valence-corrected chi connectivity index (χ1v) is 5.55. The Morgan fingerprint density at radius 1 is 1.44 bits per heavy atom. The molecule has 0 saturated heterocycles. The number of nitrogens with two attached hydrogens (primary N) is 1. The van der Waals surface area contributed by atoms with Crippen molar-refractivity contribution in [2.75, 3.05) is 0 Å². The highest BCUT2D eigenvalue weighted by Crippen LogP contribution is 2.21. The maximum absolute atomic E-state index is 10.4. The van der Waals surface area contributed by atoms with Crippen molar-refractivity contribution in [3.8, 4) is 0 Å². The van der Waals surface area contributed by atoms with Gasteiger partial charge in [-0.3, -0.25) is 4.79 Å². The maximum Gasteiger partial charge on any atom is 0.303 e. The Morgan fingerprint density at radius 2 is 2.12 bits per heavy atom. The van der Waals surface area contributed by atoms with Gasteiger partial charge in [-0.25, -0.2) is 0 Å². The minimum atomic E-state index is -0.757. The third kappa shape index (κ3) is 3.66. The Bertz CT molecular complexity index is 374. The lowest BCUT2D eigenvalue weighted by molar-refractivity contribution is -0.137. The summed E-state index contributed by atoms with van der Waals surface area (Å²) in [6, 6.07) is 6.13. The molecule has 0 heterocycles. The molecule has 1 atom stereocenters. The highest BCUT2D eigenvalue weighted by molar-refractivity contribution is 5.66. The van der Waals surface area contributed by atoms with Crippen molar-refractivity contribution in [2.24, 2.45) is 5.73 Å². The third-order valence-electron chi connectivity index (χ3n) is 2.73. The molecule has 16 heavy (non-hydrogen) atoms. The summed E-state index contributed by atoms with van der Waals surface area (Å²) in [7, 11) is 0. The zero-order valence-corrected chi connectivity index (χ0v) is 9.86. The summed E-state index contributed by atoms with van der Waals surface area (Å²) in [5.74, 6) is -0.757. The summed E-state index contributed by atoms with van der Waals surface area (Å²) < 4.78 is 0. The fraction of sp³-hybridized carbons (Fsp3) is 0.462. The van der Waals surface area contributed by atoms with E-state index in [2.05, 4.69) is 6.07 Å². The zero-order valence-electron chi connectivity index (χ0n) is 9.86. The lowest BCUT2D eigenvalue weighted by Gasteiger charge is -2.14. The smallest absolute Gasteiger partial charge is 0.303 e. The van der Waals surface area contributed by atoms with Crippen LogP contribution < -0.4 is 5.73 Å². The number of aryl methyl sites for hydroxylation is 2. The largest absolute Gasteiger partial charge is 0.481 e. The molecule has 0 fully saturated rings. The molecule has 1 rings (SSSR count). The van der Waals surface area contributed by atoms with E-state index in [1.54, 1.807) is 0 Å². The summed E-state index contributed by atoms with van der Waals surface area (Å²) in [4.78, 5) is 10.4. The lowest BCUT2D eigenvalue weighted by Crippen LogP contribution is -2.12. The molecule has 0 amide bonds. The second-order valence-corrected chi connectivity index (χ2v) is 4.25. The van der Waals surface area contributed by atoms with Crippen molar-refractivity contribution in [2.45, 2.75) is 39.2 Å². The molecule has 1 aromatic rings. The van der Waals surface area contributed by atoms with Gasteiger partial charge in [0.15, 0.2) is 0 Å². The highest BCUT2D eigenvalue weighted by atomic mass is 16.4. The Labute approximate surface area is 96.3 Å². The fourth-order valence-electron chi connectivity index (χ4n) is 1.87. The minimum Gasteiger partial charge on any atom is -0.481 e. The number of rotatable bonds is 5. The minimum absolute atomic E-state index is 0.0556. The Kier molecular flexibility index (Phi) is 4.50. The van der Waals surface area contributed by atoms with Gasteiger partial charge in [0.1, 0.15) is 0 Å². The van der Waals surface area contributed by atoms with Gasteiger partial charge in [0.2, 0.25) is 0 Å². The van der Waals surface area contributed by atoms with Crippen LogP contribution in [-0.4, -0.2) is 11.1 Å². The van der Waals surface area contributed by atoms with Crippen LogP contribution in [0.3, 0.4) is 0 Å². The van der Waals surface area contributed by atoms with Crippen LogP contribution in [0.25, 0.3) is 0 Å². The number of carboxylic acid groups (broad SMARTS) is 1. The molecule has 0 aromatic heterocycles. The Morgan fingerprint density at radius 3 is 2.69 bits per heavy atom. The van der Waals surface area contributed by atoms with Crippen molar-refractivity contribution < 1.29 is 9.90 Å². The molecular weight excluding hydrogens is 202 g/mol. The second-order valence-electron chi connectivity index (χ2n) is 4.25. The Balaban J connectivity index is 2.58. The molecule has 3 heteroatoms. The van der Waals surface area contributed by atoms with E-state index in [0.717, 1.165) is 12.0 Å². The molecule has 0 aliphatic heterocycles. The van der Waals surface area contributed by atoms with Gasteiger partial charge >= 0.3 is 5.97 Å². The van der Waals surface area contributed by atoms with Gasteiger partial charge in [0.25, 0.3) is 0 Å². The summed E-state index contributed by atoms with van der Waals surface area (Å²) in [6.07, 6.45) is 1.54. The molecule has 1 aromatic carbocycles. The monoisotopic (exact) mass is 221 g/mol. The van der Waals surface area contributed by atoms with Gasteiger partial charge in [0, 0.05) is 12.5 Å². The van der Waals surface area contributed by atoms with E-state index >= 15 is 0 Å². The summed E-state index contributed by atoms with van der Waals surface area (Å²) in [5, 5.41) is 8.55. The maximum atomic E-state index is 10.4. The van der Waals surface area contributed by atoms with Crippen LogP contribution in [0.5, 0.6) is 0 Å². The summed E-state index contributed by atoms with van der Waals surface area (Å²) >= 11 is 0. The summed E-state index contributed by atoms with van der Waals surface area (Å²) in [5.41, 5.74) is 9.56. The van der Waals surface area contributed by atoms with Gasteiger partial charge < -0.3 is 10.8 Å². The van der Waals surface area contributed by atoms with Gasteiger partial charge in [-0.1, -0.05) is 23.8 Å². The molecule has 0 aliphatic carbocycles. The first kappa shape index (κ1) is 12.7. The SMILES string of the molecule is Cc1ccc(C(N)CCCC(=O)O)c(C)c1. The van der Waals surface area contributed by atoms with E-state index < -0.39 is 5.97 Å². The molecule has 0 aliphatic rings. The van der Waals surface area contributed by atoms with Crippen LogP contribution in [0.15, 0.2) is 18.2 Å². The molecule has 0 bridgehead atoms. The lowest BCUT2D eigenvalue weighted by atomic mass is 9.96. The van der Waals surface area contributed by atoms with E-state index in [4.69, 9.17) is 10.8 Å². The first-order chi connectivity index (χ1) is 7.50. The molecule has 1 unspecified atom stereocenters. The van der Waals surface area contributed by atoms with E-state index in [9.17, 15) is 4.79 Å². The van der Waals surface area contributed by atoms with Crippen molar-refractivity contribution in [3.05, 3.63) is 34.9 Å². The molecule has 3 nitrogen and oxygen atoms in total. The second kappa shape index (κ2) is 5.66. The average molecular weight is 221 g/mol. The molecule has 3 N–H and O–H groups in total. The number of hydrogen-bond acceptors (Lipinski definition) is 2. The van der Waals surface area contributed by atoms with Crippen molar-refractivity contribution in [1.29, 1.82) is 0 Å². The number of carboxylic acids is 1. The molecular formula is C13H19NO2. The van der Waals surface area contributed by atoms with Gasteiger partial charge in [-0.05, 0) is 37.8 Å². The standard InChI is InChI=1S/C13H19NO2/c1-9-6-7-11(10(2)8-9)12(14)4-3-5-13(15)16/h6-8,12H,3-5,14H2,1-2H3,(H,15,16). The van der Waals surface area contributed by atoms with E-state index in [1.165, 1.54) is 11.1 Å². The van der Waals surface area contributed by atoms with Crippen LogP contribution in [0.1, 0.15) is 42.0 Å². The number of carbonyl (C=O) groups is 1. The Hall–Kier alpha value is -1.35. The predicted octanol–water partition coefficient (Wildman–Crippen LogP) is 2.56. The van der Waals surface area contributed by atoms with Gasteiger partial charge in [0.05, 0.1) is 0 Å². The zero-order chi connectivity index (χ0) is 12.1. The fourth-order valence-corrected chi connectivity index (χ4v) is 1.87. The molecule has 0 radical (unpaired) electrons. The van der Waals surface area contributed by atoms with Gasteiger partial charge in [-0.15, -0.1) is 0 Å². The molecule has 88 valence electrons. The molecule has 0 saturated carbocycles. The predicted molar refractivity (Wildman–Crippen MR) is 64.3 cm³/mol. The van der Waals surface area contributed by atoms with E-state index in [1.807, 2.05) is 26.0 Å². The van der Waals surface area contributed by atoms with Crippen LogP contribution in [0, 0.1) is 13.8 Å². The van der Waals surface area contributed by atoms with Crippen LogP contribution >= 0.6 is 0 Å². The third-order valence-corrected chi connectivity index (χ3v) is 2.73. The summed E-state index contributed by atoms with van der Waals surface area (Å²) in [6.45, 7) is 4.09. The normalized spacial score (nSPS) is 12.4. The van der Waals surface area contributed by atoms with Crippen molar-refractivity contribution in [1.82, 2.24) is 0 Å². The average Bonchev–Trinajstić information content (AvgIpc) is 2.16. The van der Waals surface area contributed by atoms with Crippen LogP contribution in [0.2, 0.25) is 0 Å². The van der Waals surface area contributed by atoms with Gasteiger partial charge in [-0.2, -0.15) is 0 Å². The number of hydrogen-bond donors (Lipinski definition) is 2. The van der Waals surface area contributed by atoms with Crippen molar-refractivity contribution in [3.63, 3.8) is 0 Å². The van der Waals surface area contributed by atoms with Crippen LogP contribution in [-0.2, 0) is 4.79 Å². The number of benzene rings is 1. The van der Waals surface area contributed by atoms with Crippen molar-refractivity contribution >= 4 is 5.97 Å². The van der Waals surface area contributed by atoms with E-state index in [-0.39, 0.29) is 12.5 Å². The highest BCUT2D eigenvalue weighted by Gasteiger charge is 2.09. The molecule has 0 spiro atoms. The van der Waals surface area contributed by atoms with E-state index in [0.29, 0.717) is 6.42 Å². The number of aliphatic carboxylic acids is 1. The van der Waals surface area contributed by atoms with Crippen LogP contribution in [0.4, 0.5) is 0 Å². The first-order valence-electron chi connectivity index (χ1n) is 5.55. The topological polar surface area (TPSA) is 63.3 Å². The quantitative estimate of drug-likeness (QED) is 0.803.